The molecular formula is C124H142N8. The maximum atomic E-state index is 6.47. The first-order valence-corrected chi connectivity index (χ1v) is 48.4. The van der Waals surface area contributed by atoms with E-state index in [9.17, 15) is 0 Å². The molecule has 0 saturated carbocycles. The van der Waals surface area contributed by atoms with E-state index in [0.29, 0.717) is 0 Å². The van der Waals surface area contributed by atoms with Crippen LogP contribution >= 0.6 is 0 Å². The second-order valence-electron chi connectivity index (χ2n) is 51.5. The molecule has 0 atom stereocenters. The summed E-state index contributed by atoms with van der Waals surface area (Å²) in [4.78, 5) is 42.9. The minimum atomic E-state index is -0.220. The molecule has 10 heterocycles. The lowest BCUT2D eigenvalue weighted by atomic mass is 9.78. The molecule has 8 aromatic heterocycles. The third-order valence-corrected chi connectivity index (χ3v) is 28.5. The van der Waals surface area contributed by atoms with Gasteiger partial charge in [0.05, 0.1) is 55.9 Å². The molecule has 0 amide bonds. The summed E-state index contributed by atoms with van der Waals surface area (Å²) in [5.74, 6) is 0. The Bertz CT molecular complexity index is 7110. The van der Waals surface area contributed by atoms with Gasteiger partial charge in [-0.2, -0.15) is 0 Å². The zero-order valence-corrected chi connectivity index (χ0v) is 86.1. The second-order valence-corrected chi connectivity index (χ2v) is 51.5. The number of nitrogens with one attached hydrogen (secondary N) is 4. The fourth-order valence-corrected chi connectivity index (χ4v) is 19.7. The van der Waals surface area contributed by atoms with E-state index in [1.54, 1.807) is 0 Å². The van der Waals surface area contributed by atoms with Crippen molar-refractivity contribution in [1.29, 1.82) is 0 Å². The summed E-state index contributed by atoms with van der Waals surface area (Å²) in [5.41, 5.74) is 39.8. The Morgan fingerprint density at radius 1 is 0.174 bits per heavy atom. The standard InChI is InChI=1S/C124H142N8/c1-113(2,3)73-45-67(46-74(57-73)114(4,5)6)101-89-37-41-93(125-89)103(69-49-77(117(13,14)15)59-78(50-69)118(16,17)18)97-63-85-87-65-99-105(71-53-81(121(25,26)27)61-82(54-71)122(28,29)30)95-43-39-91(127-95)102(68-47-75(115(7,8)9)58-76(48-68)116(10,11)12)92-40-44-96(128-92)106(72-55-83(123(31,32)33)62-84(56-72)124(34,35)36)100-66-88-86-64-98(130-110(86)107(109(85)129-97)108(111(87)131-99)112(88)132-100)104(94-42-38-90(101)126-94)70-51-79(119(19,20)21)60-80(52-70)120(22,23)24/h37-66,125,127,130,132H,1-36H3. The molecule has 8 nitrogen and oxygen atoms in total. The summed E-state index contributed by atoms with van der Waals surface area (Å²) in [6, 6.07) is 63.2. The smallest absolute Gasteiger partial charge is 0.0818 e. The number of aromatic amines is 4. The normalized spacial score (nSPS) is 14.0. The molecule has 8 heteroatoms. The van der Waals surface area contributed by atoms with Crippen molar-refractivity contribution < 1.29 is 0 Å². The number of hydrogen-bond donors (Lipinski definition) is 4. The molecule has 678 valence electrons. The van der Waals surface area contributed by atoms with Crippen molar-refractivity contribution in [2.75, 3.05) is 0 Å². The SMILES string of the molecule is CC(C)(C)c1cc(-c2c3nc(c(-c4cc(C(C)(C)C)cc(C(C)(C)C)c4)c4cc5c6cc7[nH]c6c6c8nc(cc8c8cc(nc8c6c5[nH]4)c(-c4cc(C(C)(C)C)cc(C(C)(C)C)c4)c4ccc2[nH]4)c(-c2cc(C(C)(C)C)cc(C(C)(C)C)c2)c2ccc([nH]2)c(-c2cc(C(C)(C)C)cc(C(C)(C)C)c2)c2nc(c7-c4cc(C(C)(C)C)cc(C(C)(C)C)c4)C=C2)C=C3)cc(C(C)(C)C)c1. The third-order valence-electron chi connectivity index (χ3n) is 28.5. The summed E-state index contributed by atoms with van der Waals surface area (Å²) in [5, 5.41) is 6.07. The van der Waals surface area contributed by atoms with Gasteiger partial charge in [0.1, 0.15) is 0 Å². The third kappa shape index (κ3) is 16.3. The van der Waals surface area contributed by atoms with Gasteiger partial charge in [0.15, 0.2) is 0 Å². The van der Waals surface area contributed by atoms with Gasteiger partial charge in [-0.3, -0.25) is 0 Å². The molecule has 0 radical (unpaired) electrons. The fraction of sp³-hybridized carbons (Fsp3) is 0.387. The molecule has 0 unspecified atom stereocenters. The van der Waals surface area contributed by atoms with Gasteiger partial charge in [-0.05, 0) is 238 Å². The van der Waals surface area contributed by atoms with E-state index in [1.807, 2.05) is 0 Å². The van der Waals surface area contributed by atoms with E-state index in [4.69, 9.17) is 19.9 Å². The minimum Gasteiger partial charge on any atom is -0.354 e. The highest BCUT2D eigenvalue weighted by Gasteiger charge is 2.35. The van der Waals surface area contributed by atoms with E-state index >= 15 is 0 Å². The first-order valence-electron chi connectivity index (χ1n) is 48.4. The second kappa shape index (κ2) is 30.0. The monoisotopic (exact) mass is 1740 g/mol. The van der Waals surface area contributed by atoms with Crippen molar-refractivity contribution in [3.05, 3.63) is 247 Å². The molecule has 0 spiro atoms. The van der Waals surface area contributed by atoms with Crippen LogP contribution in [0.15, 0.2) is 158 Å². The van der Waals surface area contributed by atoms with Crippen LogP contribution in [0.4, 0.5) is 0 Å². The van der Waals surface area contributed by atoms with Crippen LogP contribution in [0, 0.1) is 0 Å². The van der Waals surface area contributed by atoms with Gasteiger partial charge in [-0.25, -0.2) is 19.9 Å². The highest BCUT2D eigenvalue weighted by molar-refractivity contribution is 6.40. The van der Waals surface area contributed by atoms with Crippen LogP contribution in [0.3, 0.4) is 0 Å². The van der Waals surface area contributed by atoms with Crippen LogP contribution in [0.5, 0.6) is 0 Å². The highest BCUT2D eigenvalue weighted by atomic mass is 14.8. The molecule has 16 bridgehead atoms. The first-order chi connectivity index (χ1) is 60.9. The highest BCUT2D eigenvalue weighted by Crippen LogP contribution is 2.53. The van der Waals surface area contributed by atoms with Crippen molar-refractivity contribution >= 4 is 123 Å². The van der Waals surface area contributed by atoms with Gasteiger partial charge in [0, 0.05) is 98.8 Å². The molecule has 0 aliphatic carbocycles. The predicted molar refractivity (Wildman–Crippen MR) is 574 cm³/mol. The van der Waals surface area contributed by atoms with Crippen LogP contribution in [0.1, 0.15) is 339 Å². The Kier molecular flexibility index (Phi) is 20.7. The Balaban J connectivity index is 1.16. The number of aromatic nitrogens is 8. The van der Waals surface area contributed by atoms with Crippen molar-refractivity contribution in [2.45, 2.75) is 314 Å². The van der Waals surface area contributed by atoms with Gasteiger partial charge in [0.2, 0.25) is 0 Å². The van der Waals surface area contributed by atoms with Crippen molar-refractivity contribution in [2.24, 2.45) is 0 Å². The number of H-pyrrole nitrogens is 4. The van der Waals surface area contributed by atoms with E-state index in [-0.39, 0.29) is 65.0 Å². The number of nitrogens with zero attached hydrogens (tertiary/aromatic N) is 4. The van der Waals surface area contributed by atoms with E-state index in [0.717, 1.165) is 188 Å². The summed E-state index contributed by atoms with van der Waals surface area (Å²) < 4.78 is 0. The van der Waals surface area contributed by atoms with Crippen molar-refractivity contribution in [3.63, 3.8) is 0 Å². The molecule has 4 N–H and O–H groups in total. The molecular weight excluding hydrogens is 1600 g/mol. The average molecular weight is 1740 g/mol. The zero-order valence-electron chi connectivity index (χ0n) is 86.1. The van der Waals surface area contributed by atoms with Crippen molar-refractivity contribution in [3.8, 4) is 66.8 Å². The lowest BCUT2D eigenvalue weighted by Crippen LogP contribution is -2.16. The van der Waals surface area contributed by atoms with Gasteiger partial charge >= 0.3 is 0 Å². The molecule has 8 aromatic carbocycles. The van der Waals surface area contributed by atoms with E-state index in [2.05, 4.69) is 451 Å². The van der Waals surface area contributed by atoms with E-state index in [1.165, 1.54) is 66.8 Å². The zero-order chi connectivity index (χ0) is 95.4. The number of fused-ring (bicyclic) bond motifs is 14. The molecule has 16 aromatic rings. The summed E-state index contributed by atoms with van der Waals surface area (Å²) in [6.07, 6.45) is 9.19. The lowest BCUT2D eigenvalue weighted by Gasteiger charge is -2.26. The molecule has 0 saturated heterocycles. The summed E-state index contributed by atoms with van der Waals surface area (Å²) in [7, 11) is 0. The molecule has 2 aliphatic rings. The van der Waals surface area contributed by atoms with Gasteiger partial charge in [-0.15, -0.1) is 0 Å². The Morgan fingerprint density at radius 2 is 0.356 bits per heavy atom. The fourth-order valence-electron chi connectivity index (χ4n) is 19.7. The Morgan fingerprint density at radius 3 is 0.553 bits per heavy atom. The molecule has 2 aliphatic heterocycles. The average Bonchev–Trinajstić information content (AvgIpc) is 1.53. The van der Waals surface area contributed by atoms with Crippen LogP contribution in [0.2, 0.25) is 0 Å². The van der Waals surface area contributed by atoms with E-state index < -0.39 is 0 Å². The van der Waals surface area contributed by atoms with Gasteiger partial charge in [0.25, 0.3) is 0 Å². The van der Waals surface area contributed by atoms with Crippen LogP contribution in [-0.4, -0.2) is 39.9 Å². The molecule has 0 fully saturated rings. The van der Waals surface area contributed by atoms with Crippen molar-refractivity contribution in [1.82, 2.24) is 39.9 Å². The maximum Gasteiger partial charge on any atom is 0.0818 e. The topological polar surface area (TPSA) is 115 Å². The van der Waals surface area contributed by atoms with Gasteiger partial charge < -0.3 is 19.9 Å². The summed E-state index contributed by atoms with van der Waals surface area (Å²) >= 11 is 0. The molecule has 18 rings (SSSR count). The van der Waals surface area contributed by atoms with Gasteiger partial charge in [-0.1, -0.05) is 358 Å². The summed E-state index contributed by atoms with van der Waals surface area (Å²) in [6.45, 7) is 84.5. The van der Waals surface area contributed by atoms with Crippen LogP contribution in [-0.2, 0) is 65.0 Å². The minimum absolute atomic E-state index is 0.184. The van der Waals surface area contributed by atoms with Crippen LogP contribution < -0.4 is 0 Å². The first kappa shape index (κ1) is 91.0. The number of benzene rings is 8. The predicted octanol–water partition coefficient (Wildman–Crippen LogP) is 35.2. The quantitative estimate of drug-likeness (QED) is 0.133. The Labute approximate surface area is 785 Å². The largest absolute Gasteiger partial charge is 0.354 e. The number of hydrogen-bond acceptors (Lipinski definition) is 4. The maximum absolute atomic E-state index is 6.47. The molecule has 132 heavy (non-hydrogen) atoms. The number of rotatable bonds is 6. The van der Waals surface area contributed by atoms with Crippen LogP contribution in [0.25, 0.3) is 190 Å². The Hall–Kier alpha value is -11.5. The lowest BCUT2D eigenvalue weighted by molar-refractivity contribution is 0.568.